The van der Waals surface area contributed by atoms with Gasteiger partial charge in [0.1, 0.15) is 12.2 Å². The van der Waals surface area contributed by atoms with Crippen LogP contribution in [0.5, 0.6) is 0 Å². The van der Waals surface area contributed by atoms with E-state index >= 15 is 0 Å². The van der Waals surface area contributed by atoms with Crippen molar-refractivity contribution in [2.75, 3.05) is 11.9 Å². The first-order valence-electron chi connectivity index (χ1n) is 12.2. The number of nitrogens with zero attached hydrogens (tertiary/aromatic N) is 5. The number of hydrogen-bond donors (Lipinski definition) is 4. The van der Waals surface area contributed by atoms with Crippen molar-refractivity contribution in [1.82, 2.24) is 35.5 Å². The van der Waals surface area contributed by atoms with Gasteiger partial charge in [0.25, 0.3) is 0 Å². The summed E-state index contributed by atoms with van der Waals surface area (Å²) >= 11 is 6.19. The molecule has 0 saturated heterocycles. The molecule has 0 saturated carbocycles. The van der Waals surface area contributed by atoms with Gasteiger partial charge in [-0.15, -0.1) is 5.10 Å². The van der Waals surface area contributed by atoms with E-state index in [1.54, 1.807) is 42.6 Å². The van der Waals surface area contributed by atoms with Crippen LogP contribution < -0.4 is 16.4 Å². The molecule has 1 atom stereocenters. The maximum atomic E-state index is 13.0. The fraction of sp³-hybridized carbons (Fsp3) is 0.231. The van der Waals surface area contributed by atoms with E-state index in [1.165, 1.54) is 17.1 Å². The molecule has 1 aliphatic rings. The van der Waals surface area contributed by atoms with Crippen LogP contribution in [0.2, 0.25) is 5.02 Å². The summed E-state index contributed by atoms with van der Waals surface area (Å²) in [6.07, 6.45) is 9.88. The van der Waals surface area contributed by atoms with Crippen molar-refractivity contribution >= 4 is 35.2 Å². The standard InChI is InChI=1S/C26H26ClN9O2/c27-18-7-9-23(36-15-31-34-35-36)16(12-18)6-10-24(37)32-20-4-2-1-3-11-29-21-13-17(25(28)38)5-8-19(21)22-14-30-26(20)33-22/h5-10,12-15,20,29H,1-4,11H2,(H2,28,38)(H,30,33)(H,32,37)/b10-6+. The van der Waals surface area contributed by atoms with Gasteiger partial charge in [0, 0.05) is 40.0 Å². The topological polar surface area (TPSA) is 156 Å². The van der Waals surface area contributed by atoms with Crippen molar-refractivity contribution in [3.05, 3.63) is 77.0 Å². The molecule has 38 heavy (non-hydrogen) atoms. The Bertz CT molecular complexity index is 1480. The van der Waals surface area contributed by atoms with E-state index in [0.29, 0.717) is 27.7 Å². The summed E-state index contributed by atoms with van der Waals surface area (Å²) < 4.78 is 1.50. The van der Waals surface area contributed by atoms with E-state index in [-0.39, 0.29) is 11.9 Å². The summed E-state index contributed by atoms with van der Waals surface area (Å²) in [6, 6.07) is 10.2. The van der Waals surface area contributed by atoms with Gasteiger partial charge in [0.15, 0.2) is 0 Å². The lowest BCUT2D eigenvalue weighted by molar-refractivity contribution is -0.117. The maximum absolute atomic E-state index is 13.0. The first-order valence-corrected chi connectivity index (χ1v) is 12.6. The SMILES string of the molecule is NC(=O)c1ccc2c(c1)NCCCCCC(NC(=O)/C=C/c1cc(Cl)ccc1-n1cnnn1)c1ncc-2[nH]1. The molecule has 4 aromatic rings. The number of benzene rings is 2. The van der Waals surface area contributed by atoms with Crippen LogP contribution in [0.1, 0.15) is 53.5 Å². The third-order valence-electron chi connectivity index (χ3n) is 6.32. The molecule has 3 heterocycles. The average molecular weight is 532 g/mol. The molecule has 0 aliphatic carbocycles. The van der Waals surface area contributed by atoms with E-state index in [4.69, 9.17) is 17.3 Å². The predicted molar refractivity (Wildman–Crippen MR) is 144 cm³/mol. The number of carbonyl (C=O) groups excluding carboxylic acids is 2. The second-order valence-electron chi connectivity index (χ2n) is 8.93. The van der Waals surface area contributed by atoms with Gasteiger partial charge >= 0.3 is 0 Å². The summed E-state index contributed by atoms with van der Waals surface area (Å²) in [6.45, 7) is 0.749. The van der Waals surface area contributed by atoms with E-state index in [0.717, 1.165) is 49.2 Å². The van der Waals surface area contributed by atoms with Crippen LogP contribution in [0.15, 0.2) is 55.0 Å². The normalized spacial score (nSPS) is 15.7. The minimum absolute atomic E-state index is 0.268. The highest BCUT2D eigenvalue weighted by Crippen LogP contribution is 2.30. The second-order valence-corrected chi connectivity index (χ2v) is 9.37. The van der Waals surface area contributed by atoms with Crippen LogP contribution in [0.4, 0.5) is 5.69 Å². The van der Waals surface area contributed by atoms with Gasteiger partial charge in [-0.3, -0.25) is 9.59 Å². The number of fused-ring (bicyclic) bond motifs is 4. The molecule has 1 aliphatic heterocycles. The number of rotatable bonds is 5. The zero-order chi connectivity index (χ0) is 26.5. The van der Waals surface area contributed by atoms with Crippen LogP contribution in [0, 0.1) is 0 Å². The van der Waals surface area contributed by atoms with Crippen LogP contribution >= 0.6 is 11.6 Å². The molecule has 12 heteroatoms. The molecule has 0 spiro atoms. The highest BCUT2D eigenvalue weighted by molar-refractivity contribution is 6.30. The molecular weight excluding hydrogens is 506 g/mol. The Morgan fingerprint density at radius 1 is 1.16 bits per heavy atom. The van der Waals surface area contributed by atoms with Crippen molar-refractivity contribution in [3.63, 3.8) is 0 Å². The zero-order valence-electron chi connectivity index (χ0n) is 20.4. The summed E-state index contributed by atoms with van der Waals surface area (Å²) in [4.78, 5) is 32.6. The molecular formula is C26H26ClN9O2. The Labute approximate surface area is 223 Å². The number of aromatic nitrogens is 6. The predicted octanol–water partition coefficient (Wildman–Crippen LogP) is 3.66. The molecule has 1 unspecified atom stereocenters. The molecule has 2 bridgehead atoms. The molecule has 5 rings (SSSR count). The number of nitrogens with one attached hydrogen (secondary N) is 3. The lowest BCUT2D eigenvalue weighted by atomic mass is 10.0. The molecule has 0 radical (unpaired) electrons. The minimum Gasteiger partial charge on any atom is -0.384 e. The van der Waals surface area contributed by atoms with Gasteiger partial charge in [-0.25, -0.2) is 4.98 Å². The number of amides is 2. The monoisotopic (exact) mass is 531 g/mol. The molecule has 11 nitrogen and oxygen atoms in total. The van der Waals surface area contributed by atoms with Gasteiger partial charge < -0.3 is 21.4 Å². The van der Waals surface area contributed by atoms with E-state index in [1.807, 2.05) is 6.07 Å². The van der Waals surface area contributed by atoms with E-state index in [9.17, 15) is 9.59 Å². The molecule has 2 amide bonds. The molecule has 2 aromatic carbocycles. The quantitative estimate of drug-likeness (QED) is 0.286. The van der Waals surface area contributed by atoms with E-state index in [2.05, 4.69) is 36.1 Å². The first kappa shape index (κ1) is 25.2. The fourth-order valence-corrected chi connectivity index (χ4v) is 4.58. The van der Waals surface area contributed by atoms with E-state index < -0.39 is 5.91 Å². The third-order valence-corrected chi connectivity index (χ3v) is 6.56. The number of nitrogens with two attached hydrogens (primary N) is 1. The van der Waals surface area contributed by atoms with Gasteiger partial charge in [0.05, 0.1) is 23.6 Å². The molecule has 5 N–H and O–H groups in total. The molecule has 2 aromatic heterocycles. The summed E-state index contributed by atoms with van der Waals surface area (Å²) in [5, 5.41) is 18.3. The lowest BCUT2D eigenvalue weighted by Crippen LogP contribution is -2.27. The van der Waals surface area contributed by atoms with Crippen LogP contribution in [-0.4, -0.2) is 48.5 Å². The largest absolute Gasteiger partial charge is 0.384 e. The van der Waals surface area contributed by atoms with Crippen LogP contribution in [-0.2, 0) is 4.79 Å². The smallest absolute Gasteiger partial charge is 0.248 e. The number of carbonyl (C=O) groups is 2. The Hall–Kier alpha value is -4.51. The average Bonchev–Trinajstić information content (AvgIpc) is 3.61. The number of primary amides is 1. The van der Waals surface area contributed by atoms with Crippen molar-refractivity contribution in [1.29, 1.82) is 0 Å². The summed E-state index contributed by atoms with van der Waals surface area (Å²) in [7, 11) is 0. The lowest BCUT2D eigenvalue weighted by Gasteiger charge is -2.17. The maximum Gasteiger partial charge on any atom is 0.248 e. The molecule has 194 valence electrons. The number of halogens is 1. The Balaban J connectivity index is 1.38. The molecule has 0 fully saturated rings. The van der Waals surface area contributed by atoms with Gasteiger partial charge in [-0.1, -0.05) is 24.4 Å². The zero-order valence-corrected chi connectivity index (χ0v) is 21.2. The summed E-state index contributed by atoms with van der Waals surface area (Å²) in [5.41, 5.74) is 9.75. The van der Waals surface area contributed by atoms with Gasteiger partial charge in [0.2, 0.25) is 11.8 Å². The number of aromatic amines is 1. The minimum atomic E-state index is -0.482. The van der Waals surface area contributed by atoms with Crippen LogP contribution in [0.25, 0.3) is 23.0 Å². The number of anilines is 1. The number of H-pyrrole nitrogens is 1. The second kappa shape index (κ2) is 11.3. The summed E-state index contributed by atoms with van der Waals surface area (Å²) in [5.74, 6) is -0.0927. The highest BCUT2D eigenvalue weighted by atomic mass is 35.5. The van der Waals surface area contributed by atoms with Gasteiger partial charge in [-0.2, -0.15) is 4.68 Å². The van der Waals surface area contributed by atoms with Crippen molar-refractivity contribution in [3.8, 4) is 16.9 Å². The highest BCUT2D eigenvalue weighted by Gasteiger charge is 2.19. The third kappa shape index (κ3) is 5.73. The fourth-order valence-electron chi connectivity index (χ4n) is 4.40. The van der Waals surface area contributed by atoms with Gasteiger partial charge in [-0.05, 0) is 65.7 Å². The van der Waals surface area contributed by atoms with Crippen LogP contribution in [0.3, 0.4) is 0 Å². The van der Waals surface area contributed by atoms with Crippen molar-refractivity contribution in [2.24, 2.45) is 5.73 Å². The number of imidazole rings is 1. The number of tetrazole rings is 1. The Morgan fingerprint density at radius 3 is 2.87 bits per heavy atom. The first-order chi connectivity index (χ1) is 18.5. The van der Waals surface area contributed by atoms with Crippen molar-refractivity contribution in [2.45, 2.75) is 31.7 Å². The van der Waals surface area contributed by atoms with Crippen molar-refractivity contribution < 1.29 is 9.59 Å². The Morgan fingerprint density at radius 2 is 2.05 bits per heavy atom. The Kier molecular flexibility index (Phi) is 7.45. The number of hydrogen-bond acceptors (Lipinski definition) is 7.